The standard InChI is InChI=1S/C28H42NO4PSi/c1-27(2,3)35(6,7)33-20-14-19-26(25-17-12-9-13-18-25)29(21-24-15-10-8-11-16-24)34(30)31-22-28(4,5)23-32-34/h8-19,26H,20-23H2,1-7H3/b19-14+. The number of nitrogens with zero attached hydrogens (tertiary/aromatic N) is 1. The van der Waals surface area contributed by atoms with E-state index >= 15 is 0 Å². The fourth-order valence-electron chi connectivity index (χ4n) is 3.54. The van der Waals surface area contributed by atoms with Gasteiger partial charge in [0.05, 0.1) is 25.9 Å². The second-order valence-corrected chi connectivity index (χ2v) is 18.4. The van der Waals surface area contributed by atoms with Crippen molar-refractivity contribution in [2.24, 2.45) is 5.41 Å². The van der Waals surface area contributed by atoms with Gasteiger partial charge in [-0.05, 0) is 29.3 Å². The Hall–Kier alpha value is -1.53. The monoisotopic (exact) mass is 515 g/mol. The van der Waals surface area contributed by atoms with Crippen molar-refractivity contribution in [1.82, 2.24) is 4.67 Å². The lowest BCUT2D eigenvalue weighted by molar-refractivity contribution is 0.0165. The maximum absolute atomic E-state index is 14.2. The molecule has 1 heterocycles. The van der Waals surface area contributed by atoms with Crippen molar-refractivity contribution < 1.29 is 18.0 Å². The van der Waals surface area contributed by atoms with Crippen LogP contribution in [0.1, 0.15) is 51.8 Å². The van der Waals surface area contributed by atoms with Crippen LogP contribution in [0.4, 0.5) is 0 Å². The minimum atomic E-state index is -3.55. The summed E-state index contributed by atoms with van der Waals surface area (Å²) in [6, 6.07) is 19.9. The molecule has 2 aromatic rings. The molecule has 0 aliphatic carbocycles. The third kappa shape index (κ3) is 7.48. The lowest BCUT2D eigenvalue weighted by Crippen LogP contribution is -2.40. The van der Waals surface area contributed by atoms with Gasteiger partial charge in [-0.3, -0.25) is 9.05 Å². The van der Waals surface area contributed by atoms with Gasteiger partial charge in [-0.2, -0.15) is 4.67 Å². The van der Waals surface area contributed by atoms with Crippen LogP contribution < -0.4 is 0 Å². The number of rotatable bonds is 9. The van der Waals surface area contributed by atoms with Crippen LogP contribution in [0.25, 0.3) is 0 Å². The van der Waals surface area contributed by atoms with Gasteiger partial charge >= 0.3 is 7.75 Å². The second kappa shape index (κ2) is 11.2. The molecule has 2 aromatic carbocycles. The Labute approximate surface area is 213 Å². The van der Waals surface area contributed by atoms with Gasteiger partial charge in [0.1, 0.15) is 0 Å². The molecule has 1 unspecified atom stereocenters. The van der Waals surface area contributed by atoms with E-state index in [-0.39, 0.29) is 16.5 Å². The summed E-state index contributed by atoms with van der Waals surface area (Å²) >= 11 is 0. The van der Waals surface area contributed by atoms with E-state index in [1.165, 1.54) is 0 Å². The first kappa shape index (κ1) is 28.0. The molecule has 1 aliphatic heterocycles. The fourth-order valence-corrected chi connectivity index (χ4v) is 6.73. The first-order chi connectivity index (χ1) is 16.3. The second-order valence-electron chi connectivity index (χ2n) is 11.6. The average Bonchev–Trinajstić information content (AvgIpc) is 2.81. The largest absolute Gasteiger partial charge is 0.413 e. The molecule has 1 saturated heterocycles. The molecule has 0 radical (unpaired) electrons. The van der Waals surface area contributed by atoms with E-state index in [9.17, 15) is 4.57 Å². The molecular formula is C28H42NO4PSi. The Balaban J connectivity index is 1.94. The van der Waals surface area contributed by atoms with E-state index in [0.717, 1.165) is 11.1 Å². The zero-order valence-electron chi connectivity index (χ0n) is 22.4. The Morgan fingerprint density at radius 3 is 2.11 bits per heavy atom. The number of benzene rings is 2. The normalized spacial score (nSPS) is 19.2. The Bertz CT molecular complexity index is 1000. The van der Waals surface area contributed by atoms with Crippen molar-refractivity contribution in [1.29, 1.82) is 0 Å². The third-order valence-electron chi connectivity index (χ3n) is 6.87. The summed E-state index contributed by atoms with van der Waals surface area (Å²) in [5.74, 6) is 0. The van der Waals surface area contributed by atoms with Gasteiger partial charge in [0, 0.05) is 12.0 Å². The highest BCUT2D eigenvalue weighted by Gasteiger charge is 2.44. The summed E-state index contributed by atoms with van der Waals surface area (Å²) in [6.45, 7) is 17.1. The summed E-state index contributed by atoms with van der Waals surface area (Å²) in [4.78, 5) is 0. The lowest BCUT2D eigenvalue weighted by atomic mass is 9.97. The van der Waals surface area contributed by atoms with Crippen molar-refractivity contribution >= 4 is 16.1 Å². The Morgan fingerprint density at radius 2 is 1.57 bits per heavy atom. The molecule has 1 aliphatic rings. The van der Waals surface area contributed by atoms with E-state index in [1.807, 2.05) is 53.2 Å². The van der Waals surface area contributed by atoms with Crippen LogP contribution >= 0.6 is 7.75 Å². The molecule has 7 heteroatoms. The molecule has 0 bridgehead atoms. The van der Waals surface area contributed by atoms with E-state index in [2.05, 4.69) is 72.0 Å². The summed E-state index contributed by atoms with van der Waals surface area (Å²) in [5.41, 5.74) is 1.90. The van der Waals surface area contributed by atoms with Crippen LogP contribution in [0, 0.1) is 5.41 Å². The summed E-state index contributed by atoms with van der Waals surface area (Å²) in [5, 5.41) is 0.139. The van der Waals surface area contributed by atoms with Crippen LogP contribution in [0.5, 0.6) is 0 Å². The van der Waals surface area contributed by atoms with Gasteiger partial charge < -0.3 is 4.43 Å². The van der Waals surface area contributed by atoms with Gasteiger partial charge in [-0.25, -0.2) is 4.57 Å². The quantitative estimate of drug-likeness (QED) is 0.192. The molecule has 1 fully saturated rings. The maximum Gasteiger partial charge on any atom is 0.409 e. The molecule has 1 atom stereocenters. The van der Waals surface area contributed by atoms with E-state index < -0.39 is 16.1 Å². The SMILES string of the molecule is CC1(C)COP(=O)(N(Cc2ccccc2)C(/C=C/CO[Si](C)(C)C(C)(C)C)c2ccccc2)OC1. The lowest BCUT2D eigenvalue weighted by Gasteiger charge is -2.41. The Kier molecular flexibility index (Phi) is 9.01. The van der Waals surface area contributed by atoms with E-state index in [4.69, 9.17) is 13.5 Å². The summed E-state index contributed by atoms with van der Waals surface area (Å²) in [7, 11) is -5.42. The van der Waals surface area contributed by atoms with Gasteiger partial charge in [-0.15, -0.1) is 0 Å². The van der Waals surface area contributed by atoms with Crippen LogP contribution in [0.3, 0.4) is 0 Å². The highest BCUT2D eigenvalue weighted by molar-refractivity contribution is 7.51. The van der Waals surface area contributed by atoms with Gasteiger partial charge in [0.15, 0.2) is 8.32 Å². The molecule has 0 amide bonds. The highest BCUT2D eigenvalue weighted by atomic mass is 31.2. The minimum Gasteiger partial charge on any atom is -0.413 e. The predicted molar refractivity (Wildman–Crippen MR) is 147 cm³/mol. The first-order valence-corrected chi connectivity index (χ1v) is 16.8. The van der Waals surface area contributed by atoms with Gasteiger partial charge in [0.2, 0.25) is 0 Å². The summed E-state index contributed by atoms with van der Waals surface area (Å²) < 4.78 is 34.5. The van der Waals surface area contributed by atoms with Crippen molar-refractivity contribution in [2.75, 3.05) is 19.8 Å². The maximum atomic E-state index is 14.2. The molecule has 35 heavy (non-hydrogen) atoms. The number of hydrogen-bond donors (Lipinski definition) is 0. The van der Waals surface area contributed by atoms with Crippen molar-refractivity contribution in [3.8, 4) is 0 Å². The number of hydrogen-bond acceptors (Lipinski definition) is 4. The van der Waals surface area contributed by atoms with Gasteiger partial charge in [-0.1, -0.05) is 107 Å². The minimum absolute atomic E-state index is 0.139. The fraction of sp³-hybridized carbons (Fsp3) is 0.500. The molecule has 5 nitrogen and oxygen atoms in total. The zero-order valence-corrected chi connectivity index (χ0v) is 24.3. The molecular weight excluding hydrogens is 473 g/mol. The highest BCUT2D eigenvalue weighted by Crippen LogP contribution is 2.60. The smallest absolute Gasteiger partial charge is 0.409 e. The molecule has 3 rings (SSSR count). The van der Waals surface area contributed by atoms with Crippen LogP contribution in [-0.2, 0) is 24.6 Å². The zero-order chi connectivity index (χ0) is 25.7. The molecule has 192 valence electrons. The van der Waals surface area contributed by atoms with Crippen LogP contribution in [-0.4, -0.2) is 32.8 Å². The van der Waals surface area contributed by atoms with Gasteiger partial charge in [0.25, 0.3) is 0 Å². The van der Waals surface area contributed by atoms with Crippen molar-refractivity contribution in [2.45, 2.75) is 65.3 Å². The molecule has 0 N–H and O–H groups in total. The average molecular weight is 516 g/mol. The Morgan fingerprint density at radius 1 is 1.03 bits per heavy atom. The molecule has 0 spiro atoms. The van der Waals surface area contributed by atoms with Crippen LogP contribution in [0.15, 0.2) is 72.8 Å². The van der Waals surface area contributed by atoms with E-state index in [1.54, 1.807) is 0 Å². The summed E-state index contributed by atoms with van der Waals surface area (Å²) in [6.07, 6.45) is 4.13. The van der Waals surface area contributed by atoms with Crippen LogP contribution in [0.2, 0.25) is 18.1 Å². The van der Waals surface area contributed by atoms with Crippen molar-refractivity contribution in [3.63, 3.8) is 0 Å². The topological polar surface area (TPSA) is 48.0 Å². The first-order valence-electron chi connectivity index (χ1n) is 12.4. The molecule has 0 saturated carbocycles. The van der Waals surface area contributed by atoms with Crippen molar-refractivity contribution in [3.05, 3.63) is 83.9 Å². The van der Waals surface area contributed by atoms with E-state index in [0.29, 0.717) is 26.4 Å². The third-order valence-corrected chi connectivity index (χ3v) is 13.3. The molecule has 0 aromatic heterocycles. The predicted octanol–water partition coefficient (Wildman–Crippen LogP) is 7.99.